The number of hydrogen-bond acceptors (Lipinski definition) is 5. The molecule has 9 heteroatoms. The normalized spacial score (nSPS) is 14.5. The average Bonchev–Trinajstić information content (AvgIpc) is 2.79. The molecule has 2 aromatic rings. The Labute approximate surface area is 184 Å². The summed E-state index contributed by atoms with van der Waals surface area (Å²) in [5.41, 5.74) is 0.879. The number of benzene rings is 2. The van der Waals surface area contributed by atoms with Crippen LogP contribution in [0.5, 0.6) is 5.75 Å². The fourth-order valence-electron chi connectivity index (χ4n) is 3.36. The summed E-state index contributed by atoms with van der Waals surface area (Å²) in [5.74, 6) is -2.25. The zero-order chi connectivity index (χ0) is 22.2. The SMILES string of the molecule is COc1ccc(C(=O)NCCN2CCN(C(=O)c3ccccc3SC(F)F)CC2)cc1. The van der Waals surface area contributed by atoms with Gasteiger partial charge in [0.15, 0.2) is 0 Å². The standard InChI is InChI=1S/C22H25F2N3O3S/c1-30-17-8-6-16(7-9-17)20(28)25-10-11-26-12-14-27(15-13-26)21(29)18-4-2-3-5-19(18)31-22(23)24/h2-9,22H,10-15H2,1H3,(H,25,28). The van der Waals surface area contributed by atoms with Gasteiger partial charge in [0.05, 0.1) is 12.7 Å². The van der Waals surface area contributed by atoms with Crippen molar-refractivity contribution in [1.29, 1.82) is 0 Å². The van der Waals surface area contributed by atoms with Crippen LogP contribution in [0, 0.1) is 0 Å². The van der Waals surface area contributed by atoms with Gasteiger partial charge in [-0.2, -0.15) is 8.78 Å². The highest BCUT2D eigenvalue weighted by Crippen LogP contribution is 2.29. The molecule has 1 aliphatic heterocycles. The molecule has 2 aromatic carbocycles. The van der Waals surface area contributed by atoms with Crippen molar-refractivity contribution in [2.45, 2.75) is 10.7 Å². The van der Waals surface area contributed by atoms with Gasteiger partial charge in [0.25, 0.3) is 17.6 Å². The number of nitrogens with one attached hydrogen (secondary N) is 1. The molecule has 0 radical (unpaired) electrons. The van der Waals surface area contributed by atoms with Crippen LogP contribution in [0.2, 0.25) is 0 Å². The number of nitrogens with zero attached hydrogens (tertiary/aromatic N) is 2. The van der Waals surface area contributed by atoms with E-state index < -0.39 is 5.76 Å². The van der Waals surface area contributed by atoms with E-state index in [2.05, 4.69) is 10.2 Å². The van der Waals surface area contributed by atoms with Crippen LogP contribution < -0.4 is 10.1 Å². The first kappa shape index (κ1) is 23.0. The smallest absolute Gasteiger partial charge is 0.288 e. The first-order valence-corrected chi connectivity index (χ1v) is 10.8. The Hall–Kier alpha value is -2.65. The predicted octanol–water partition coefficient (Wildman–Crippen LogP) is 3.20. The lowest BCUT2D eigenvalue weighted by Gasteiger charge is -2.35. The molecule has 0 unspecified atom stereocenters. The molecule has 6 nitrogen and oxygen atoms in total. The van der Waals surface area contributed by atoms with Crippen molar-refractivity contribution in [3.8, 4) is 5.75 Å². The molecule has 0 aliphatic carbocycles. The van der Waals surface area contributed by atoms with E-state index in [1.54, 1.807) is 60.5 Å². The summed E-state index contributed by atoms with van der Waals surface area (Å²) in [4.78, 5) is 29.2. The topological polar surface area (TPSA) is 61.9 Å². The van der Waals surface area contributed by atoms with Gasteiger partial charge in [0, 0.05) is 49.7 Å². The van der Waals surface area contributed by atoms with E-state index in [1.165, 1.54) is 0 Å². The second-order valence-corrected chi connectivity index (χ2v) is 8.02. The molecule has 1 fully saturated rings. The zero-order valence-electron chi connectivity index (χ0n) is 17.2. The van der Waals surface area contributed by atoms with Crippen LogP contribution in [0.15, 0.2) is 53.4 Å². The molecule has 1 N–H and O–H groups in total. The molecule has 0 saturated carbocycles. The molecule has 0 atom stereocenters. The highest BCUT2D eigenvalue weighted by Gasteiger charge is 2.24. The second-order valence-electron chi connectivity index (χ2n) is 6.99. The van der Waals surface area contributed by atoms with Gasteiger partial charge in [-0.3, -0.25) is 14.5 Å². The van der Waals surface area contributed by atoms with Crippen LogP contribution in [0.1, 0.15) is 20.7 Å². The minimum atomic E-state index is -2.57. The van der Waals surface area contributed by atoms with Crippen LogP contribution in [0.4, 0.5) is 8.78 Å². The maximum Gasteiger partial charge on any atom is 0.288 e. The van der Waals surface area contributed by atoms with E-state index in [9.17, 15) is 18.4 Å². The van der Waals surface area contributed by atoms with Crippen LogP contribution >= 0.6 is 11.8 Å². The van der Waals surface area contributed by atoms with E-state index in [0.29, 0.717) is 72.8 Å². The van der Waals surface area contributed by atoms with Crippen LogP contribution in [-0.4, -0.2) is 73.7 Å². The van der Waals surface area contributed by atoms with E-state index >= 15 is 0 Å². The van der Waals surface area contributed by atoms with Crippen molar-refractivity contribution >= 4 is 23.6 Å². The third-order valence-corrected chi connectivity index (χ3v) is 5.85. The lowest BCUT2D eigenvalue weighted by molar-refractivity contribution is 0.0634. The zero-order valence-corrected chi connectivity index (χ0v) is 18.0. The lowest BCUT2D eigenvalue weighted by Crippen LogP contribution is -2.50. The maximum atomic E-state index is 12.8. The Bertz CT molecular complexity index is 888. The minimum Gasteiger partial charge on any atom is -0.497 e. The van der Waals surface area contributed by atoms with Crippen molar-refractivity contribution in [3.05, 3.63) is 59.7 Å². The molecule has 0 aromatic heterocycles. The van der Waals surface area contributed by atoms with Crippen LogP contribution in [0.3, 0.4) is 0 Å². The number of carbonyl (C=O) groups is 2. The molecule has 0 bridgehead atoms. The lowest BCUT2D eigenvalue weighted by atomic mass is 10.2. The molecule has 2 amide bonds. The van der Waals surface area contributed by atoms with E-state index in [0.717, 1.165) is 0 Å². The molecular weight excluding hydrogens is 424 g/mol. The second kappa shape index (κ2) is 11.1. The average molecular weight is 450 g/mol. The summed E-state index contributed by atoms with van der Waals surface area (Å²) in [6.45, 7) is 3.51. The van der Waals surface area contributed by atoms with Crippen molar-refractivity contribution in [3.63, 3.8) is 0 Å². The highest BCUT2D eigenvalue weighted by atomic mass is 32.2. The van der Waals surface area contributed by atoms with Gasteiger partial charge in [0.1, 0.15) is 5.75 Å². The molecule has 1 saturated heterocycles. The van der Waals surface area contributed by atoms with Gasteiger partial charge in [-0.05, 0) is 36.4 Å². The molecule has 3 rings (SSSR count). The van der Waals surface area contributed by atoms with E-state index in [-0.39, 0.29) is 11.8 Å². The number of ether oxygens (including phenoxy) is 1. The summed E-state index contributed by atoms with van der Waals surface area (Å²) < 4.78 is 30.6. The third kappa shape index (κ3) is 6.41. The van der Waals surface area contributed by atoms with E-state index in [1.807, 2.05) is 0 Å². The van der Waals surface area contributed by atoms with Gasteiger partial charge in [0.2, 0.25) is 0 Å². The first-order chi connectivity index (χ1) is 15.0. The fraction of sp³-hybridized carbons (Fsp3) is 0.364. The van der Waals surface area contributed by atoms with Crippen LogP contribution in [-0.2, 0) is 0 Å². The van der Waals surface area contributed by atoms with E-state index in [4.69, 9.17) is 4.74 Å². The summed E-state index contributed by atoms with van der Waals surface area (Å²) in [5, 5.41) is 2.89. The largest absolute Gasteiger partial charge is 0.497 e. The Balaban J connectivity index is 1.44. The van der Waals surface area contributed by atoms with Crippen molar-refractivity contribution in [1.82, 2.24) is 15.1 Å². The minimum absolute atomic E-state index is 0.149. The molecule has 1 heterocycles. The number of thioether (sulfide) groups is 1. The van der Waals surface area contributed by atoms with Gasteiger partial charge in [-0.15, -0.1) is 0 Å². The molecule has 166 valence electrons. The summed E-state index contributed by atoms with van der Waals surface area (Å²) in [7, 11) is 1.57. The first-order valence-electron chi connectivity index (χ1n) is 9.95. The number of carbonyl (C=O) groups excluding carboxylic acids is 2. The number of halogens is 2. The number of alkyl halides is 2. The quantitative estimate of drug-likeness (QED) is 0.628. The Kier molecular flexibility index (Phi) is 8.25. The van der Waals surface area contributed by atoms with Crippen LogP contribution in [0.25, 0.3) is 0 Å². The fourth-order valence-corrected chi connectivity index (χ4v) is 3.99. The molecule has 0 spiro atoms. The number of hydrogen-bond donors (Lipinski definition) is 1. The Morgan fingerprint density at radius 2 is 1.74 bits per heavy atom. The highest BCUT2D eigenvalue weighted by molar-refractivity contribution is 7.99. The van der Waals surface area contributed by atoms with Crippen molar-refractivity contribution in [2.75, 3.05) is 46.4 Å². The van der Waals surface area contributed by atoms with Crippen molar-refractivity contribution < 1.29 is 23.1 Å². The van der Waals surface area contributed by atoms with Gasteiger partial charge in [-0.1, -0.05) is 23.9 Å². The molecule has 1 aliphatic rings. The van der Waals surface area contributed by atoms with Gasteiger partial charge in [-0.25, -0.2) is 0 Å². The third-order valence-electron chi connectivity index (χ3n) is 5.06. The van der Waals surface area contributed by atoms with Gasteiger partial charge >= 0.3 is 0 Å². The number of piperazine rings is 1. The molecular formula is C22H25F2N3O3S. The predicted molar refractivity (Wildman–Crippen MR) is 116 cm³/mol. The number of rotatable bonds is 8. The van der Waals surface area contributed by atoms with Gasteiger partial charge < -0.3 is 15.0 Å². The summed E-state index contributed by atoms with van der Waals surface area (Å²) >= 11 is 0.393. The monoisotopic (exact) mass is 449 g/mol. The summed E-state index contributed by atoms with van der Waals surface area (Å²) in [6.07, 6.45) is 0. The van der Waals surface area contributed by atoms with Crippen molar-refractivity contribution in [2.24, 2.45) is 0 Å². The Morgan fingerprint density at radius 3 is 2.39 bits per heavy atom. The Morgan fingerprint density at radius 1 is 1.06 bits per heavy atom. The number of methoxy groups -OCH3 is 1. The molecule has 31 heavy (non-hydrogen) atoms. The maximum absolute atomic E-state index is 12.8. The number of amides is 2. The summed E-state index contributed by atoms with van der Waals surface area (Å²) in [6, 6.07) is 13.4.